The number of hydrogen-bond donors (Lipinski definition) is 1. The minimum atomic E-state index is -4.01. The molecule has 0 bridgehead atoms. The minimum absolute atomic E-state index is 0.0114. The summed E-state index contributed by atoms with van der Waals surface area (Å²) in [6, 6.07) is 2.21. The Kier molecular flexibility index (Phi) is 3.53. The van der Waals surface area contributed by atoms with E-state index in [-0.39, 0.29) is 19.0 Å². The van der Waals surface area contributed by atoms with Crippen LogP contribution >= 0.6 is 0 Å². The van der Waals surface area contributed by atoms with Crippen molar-refractivity contribution >= 4 is 16.0 Å². The van der Waals surface area contributed by atoms with Crippen LogP contribution in [0.2, 0.25) is 0 Å². The number of anilines is 1. The number of nitrogens with zero attached hydrogens (tertiary/aromatic N) is 3. The van der Waals surface area contributed by atoms with E-state index in [9.17, 15) is 17.2 Å². The molecular formula is C13H12F2N4O2S. The standard InChI is InChI=1S/C13H12F2N4O2S/c14-9-3-10(15)5-11(4-9)22(20,21)19-2-1-8-6-17-13(16)18-12(8)7-19/h3-6H,1-2,7H2,(H2,16,17,18). The summed E-state index contributed by atoms with van der Waals surface area (Å²) in [6.45, 7) is 0.170. The monoisotopic (exact) mass is 326 g/mol. The van der Waals surface area contributed by atoms with E-state index in [1.807, 2.05) is 0 Å². The molecule has 0 spiro atoms. The number of halogens is 2. The van der Waals surface area contributed by atoms with Gasteiger partial charge in [-0.25, -0.2) is 27.2 Å². The van der Waals surface area contributed by atoms with Crippen LogP contribution in [-0.2, 0) is 23.0 Å². The highest BCUT2D eigenvalue weighted by atomic mass is 32.2. The van der Waals surface area contributed by atoms with Crippen molar-refractivity contribution in [3.8, 4) is 0 Å². The van der Waals surface area contributed by atoms with Crippen molar-refractivity contribution in [1.29, 1.82) is 0 Å². The van der Waals surface area contributed by atoms with Gasteiger partial charge in [0.25, 0.3) is 0 Å². The fraction of sp³-hybridized carbons (Fsp3) is 0.231. The summed E-state index contributed by atoms with van der Waals surface area (Å²) < 4.78 is 52.6. The molecule has 0 saturated heterocycles. The zero-order valence-electron chi connectivity index (χ0n) is 11.3. The van der Waals surface area contributed by atoms with Crippen LogP contribution in [-0.4, -0.2) is 29.2 Å². The first-order chi connectivity index (χ1) is 10.4. The van der Waals surface area contributed by atoms with Crippen molar-refractivity contribution < 1.29 is 17.2 Å². The van der Waals surface area contributed by atoms with Gasteiger partial charge >= 0.3 is 0 Å². The highest BCUT2D eigenvalue weighted by molar-refractivity contribution is 7.89. The fourth-order valence-electron chi connectivity index (χ4n) is 2.33. The Morgan fingerprint density at radius 1 is 1.18 bits per heavy atom. The van der Waals surface area contributed by atoms with E-state index in [1.165, 1.54) is 0 Å². The topological polar surface area (TPSA) is 89.2 Å². The van der Waals surface area contributed by atoms with E-state index < -0.39 is 26.6 Å². The lowest BCUT2D eigenvalue weighted by molar-refractivity contribution is 0.384. The lowest BCUT2D eigenvalue weighted by Gasteiger charge is -2.27. The van der Waals surface area contributed by atoms with Crippen LogP contribution in [0.3, 0.4) is 0 Å². The number of benzene rings is 1. The second-order valence-corrected chi connectivity index (χ2v) is 6.83. The van der Waals surface area contributed by atoms with Gasteiger partial charge in [-0.3, -0.25) is 0 Å². The molecule has 0 unspecified atom stereocenters. The molecule has 0 fully saturated rings. The molecule has 0 radical (unpaired) electrons. The molecule has 6 nitrogen and oxygen atoms in total. The molecule has 1 aliphatic heterocycles. The Hall–Kier alpha value is -2.13. The van der Waals surface area contributed by atoms with Crippen LogP contribution in [0.25, 0.3) is 0 Å². The first kappa shape index (κ1) is 14.8. The summed E-state index contributed by atoms with van der Waals surface area (Å²) in [6.07, 6.45) is 1.97. The van der Waals surface area contributed by atoms with Crippen molar-refractivity contribution in [2.24, 2.45) is 0 Å². The van der Waals surface area contributed by atoms with E-state index >= 15 is 0 Å². The molecular weight excluding hydrogens is 314 g/mol. The zero-order chi connectivity index (χ0) is 15.9. The van der Waals surface area contributed by atoms with Gasteiger partial charge in [0, 0.05) is 18.8 Å². The summed E-state index contributed by atoms with van der Waals surface area (Å²) in [4.78, 5) is 7.46. The zero-order valence-corrected chi connectivity index (χ0v) is 12.1. The van der Waals surface area contributed by atoms with Crippen LogP contribution in [0.5, 0.6) is 0 Å². The van der Waals surface area contributed by atoms with E-state index in [1.54, 1.807) is 6.20 Å². The third-order valence-electron chi connectivity index (χ3n) is 3.40. The first-order valence-electron chi connectivity index (χ1n) is 6.43. The van der Waals surface area contributed by atoms with Gasteiger partial charge < -0.3 is 5.73 Å². The molecule has 2 aromatic rings. The Morgan fingerprint density at radius 2 is 1.86 bits per heavy atom. The molecule has 116 valence electrons. The van der Waals surface area contributed by atoms with Crippen LogP contribution < -0.4 is 5.73 Å². The Morgan fingerprint density at radius 3 is 2.55 bits per heavy atom. The molecule has 2 heterocycles. The number of rotatable bonds is 2. The summed E-state index contributed by atoms with van der Waals surface area (Å²) in [5.41, 5.74) is 6.81. The predicted octanol–water partition coefficient (Wildman–Crippen LogP) is 1.08. The third kappa shape index (κ3) is 2.64. The molecule has 1 aromatic carbocycles. The minimum Gasteiger partial charge on any atom is -0.368 e. The average Bonchev–Trinajstić information content (AvgIpc) is 2.45. The highest BCUT2D eigenvalue weighted by Crippen LogP contribution is 2.24. The molecule has 0 aliphatic carbocycles. The van der Waals surface area contributed by atoms with Gasteiger partial charge in [-0.05, 0) is 24.1 Å². The maximum Gasteiger partial charge on any atom is 0.243 e. The maximum atomic E-state index is 13.3. The first-order valence-corrected chi connectivity index (χ1v) is 7.87. The van der Waals surface area contributed by atoms with Crippen LogP contribution in [0.1, 0.15) is 11.3 Å². The predicted molar refractivity (Wildman–Crippen MR) is 74.1 cm³/mol. The molecule has 9 heteroatoms. The van der Waals surface area contributed by atoms with Gasteiger partial charge in [0.05, 0.1) is 17.1 Å². The van der Waals surface area contributed by atoms with Gasteiger partial charge in [-0.2, -0.15) is 4.31 Å². The normalized spacial score (nSPS) is 15.5. The molecule has 0 atom stereocenters. The van der Waals surface area contributed by atoms with Crippen LogP contribution in [0, 0.1) is 11.6 Å². The number of hydrogen-bond acceptors (Lipinski definition) is 5. The molecule has 0 amide bonds. The van der Waals surface area contributed by atoms with Crippen molar-refractivity contribution in [3.05, 3.63) is 47.3 Å². The van der Waals surface area contributed by atoms with Gasteiger partial charge in [0.1, 0.15) is 11.6 Å². The lowest BCUT2D eigenvalue weighted by Crippen LogP contribution is -2.36. The summed E-state index contributed by atoms with van der Waals surface area (Å²) >= 11 is 0. The molecule has 1 aromatic heterocycles. The van der Waals surface area contributed by atoms with E-state index in [4.69, 9.17) is 5.73 Å². The highest BCUT2D eigenvalue weighted by Gasteiger charge is 2.30. The number of sulfonamides is 1. The number of aromatic nitrogens is 2. The maximum absolute atomic E-state index is 13.3. The SMILES string of the molecule is Nc1ncc2c(n1)CN(S(=O)(=O)c1cc(F)cc(F)c1)CC2. The second kappa shape index (κ2) is 5.25. The Balaban J connectivity index is 1.97. The molecule has 1 aliphatic rings. The van der Waals surface area contributed by atoms with E-state index in [2.05, 4.69) is 9.97 Å². The largest absolute Gasteiger partial charge is 0.368 e. The van der Waals surface area contributed by atoms with Crippen LogP contribution in [0.15, 0.2) is 29.3 Å². The quantitative estimate of drug-likeness (QED) is 0.892. The Bertz CT molecular complexity index is 822. The Labute approximate surface area is 125 Å². The summed E-state index contributed by atoms with van der Waals surface area (Å²) in [7, 11) is -4.01. The van der Waals surface area contributed by atoms with Gasteiger partial charge in [-0.1, -0.05) is 0 Å². The molecule has 3 rings (SSSR count). The van der Waals surface area contributed by atoms with Gasteiger partial charge in [-0.15, -0.1) is 0 Å². The lowest BCUT2D eigenvalue weighted by atomic mass is 10.1. The second-order valence-electron chi connectivity index (χ2n) is 4.89. The smallest absolute Gasteiger partial charge is 0.243 e. The molecule has 2 N–H and O–H groups in total. The average molecular weight is 326 g/mol. The summed E-state index contributed by atoms with van der Waals surface area (Å²) in [5, 5.41) is 0. The van der Waals surface area contributed by atoms with Gasteiger partial charge in [0.15, 0.2) is 0 Å². The van der Waals surface area contributed by atoms with Crippen molar-refractivity contribution in [2.75, 3.05) is 12.3 Å². The fourth-order valence-corrected chi connectivity index (χ4v) is 3.77. The van der Waals surface area contributed by atoms with Crippen molar-refractivity contribution in [3.63, 3.8) is 0 Å². The molecule has 22 heavy (non-hydrogen) atoms. The molecule has 0 saturated carbocycles. The number of nitrogen functional groups attached to an aromatic ring is 1. The van der Waals surface area contributed by atoms with E-state index in [0.717, 1.165) is 22.0 Å². The number of fused-ring (bicyclic) bond motifs is 1. The summed E-state index contributed by atoms with van der Waals surface area (Å²) in [5.74, 6) is -1.83. The van der Waals surface area contributed by atoms with Crippen molar-refractivity contribution in [1.82, 2.24) is 14.3 Å². The van der Waals surface area contributed by atoms with Crippen molar-refractivity contribution in [2.45, 2.75) is 17.9 Å². The third-order valence-corrected chi connectivity index (χ3v) is 5.23. The van der Waals surface area contributed by atoms with E-state index in [0.29, 0.717) is 18.2 Å². The van der Waals surface area contributed by atoms with Gasteiger partial charge in [0.2, 0.25) is 16.0 Å². The van der Waals surface area contributed by atoms with Crippen LogP contribution in [0.4, 0.5) is 14.7 Å². The number of nitrogens with two attached hydrogens (primary N) is 1.